The highest BCUT2D eigenvalue weighted by molar-refractivity contribution is 7.99. The fraction of sp³-hybridized carbons (Fsp3) is 0.600. The average molecular weight is 178 g/mol. The lowest BCUT2D eigenvalue weighted by molar-refractivity contribution is -0.128. The summed E-state index contributed by atoms with van der Waals surface area (Å²) >= 11 is 1.26. The molecular weight excluding hydrogens is 168 g/mol. The lowest BCUT2D eigenvalue weighted by Crippen LogP contribution is -2.19. The van der Waals surface area contributed by atoms with E-state index in [9.17, 15) is 9.59 Å². The van der Waals surface area contributed by atoms with Gasteiger partial charge in [0, 0.05) is 12.2 Å². The zero-order chi connectivity index (χ0) is 8.69. The fourth-order valence-electron chi connectivity index (χ4n) is 0.394. The summed E-state index contributed by atoms with van der Waals surface area (Å²) in [7, 11) is 0. The van der Waals surface area contributed by atoms with Gasteiger partial charge in [-0.3, -0.25) is 14.8 Å². The molecule has 4 N–H and O–H groups in total. The summed E-state index contributed by atoms with van der Waals surface area (Å²) in [4.78, 5) is 20.5. The van der Waals surface area contributed by atoms with Crippen LogP contribution in [0.1, 0.15) is 6.42 Å². The Bertz CT molecular complexity index is 151. The molecule has 2 amide bonds. The van der Waals surface area contributed by atoms with E-state index in [2.05, 4.69) is 0 Å². The van der Waals surface area contributed by atoms with E-state index in [1.807, 2.05) is 0 Å². The summed E-state index contributed by atoms with van der Waals surface area (Å²) < 4.78 is 0. The van der Waals surface area contributed by atoms with E-state index in [1.165, 1.54) is 17.2 Å². The number of nitrogens with one attached hydrogen (secondary N) is 1. The van der Waals surface area contributed by atoms with Crippen LogP contribution in [0.2, 0.25) is 0 Å². The van der Waals surface area contributed by atoms with Crippen LogP contribution >= 0.6 is 11.8 Å². The number of carbonyl (C=O) groups is 2. The second-order valence-corrected chi connectivity index (χ2v) is 2.91. The Morgan fingerprint density at radius 3 is 2.64 bits per heavy atom. The number of rotatable bonds is 5. The van der Waals surface area contributed by atoms with Gasteiger partial charge < -0.3 is 5.73 Å². The number of primary amides is 1. The van der Waals surface area contributed by atoms with E-state index in [1.54, 1.807) is 0 Å². The smallest absolute Gasteiger partial charge is 0.244 e. The number of amides is 2. The predicted octanol–water partition coefficient (Wildman–Crippen LogP) is -0.900. The first-order valence-corrected chi connectivity index (χ1v) is 4.11. The van der Waals surface area contributed by atoms with Crippen molar-refractivity contribution in [3.8, 4) is 0 Å². The monoisotopic (exact) mass is 178 g/mol. The van der Waals surface area contributed by atoms with Gasteiger partial charge in [-0.25, -0.2) is 5.48 Å². The lowest BCUT2D eigenvalue weighted by atomic mass is 10.5. The van der Waals surface area contributed by atoms with Gasteiger partial charge >= 0.3 is 0 Å². The van der Waals surface area contributed by atoms with Gasteiger partial charge in [0.1, 0.15) is 0 Å². The summed E-state index contributed by atoms with van der Waals surface area (Å²) in [6, 6.07) is 0. The highest BCUT2D eigenvalue weighted by atomic mass is 32.2. The maximum atomic E-state index is 10.4. The quantitative estimate of drug-likeness (QED) is 0.289. The van der Waals surface area contributed by atoms with Crippen LogP contribution in [-0.2, 0) is 9.59 Å². The van der Waals surface area contributed by atoms with Crippen LogP contribution in [0.3, 0.4) is 0 Å². The van der Waals surface area contributed by atoms with Crippen molar-refractivity contribution in [2.24, 2.45) is 5.73 Å². The van der Waals surface area contributed by atoms with E-state index >= 15 is 0 Å². The molecule has 0 bridgehead atoms. The molecule has 11 heavy (non-hydrogen) atoms. The standard InChI is InChI=1S/C5H10N2O3S/c6-4(8)3-11-2-1-5(9)7-10/h10H,1-3H2,(H2,6,8)(H,7,9). The summed E-state index contributed by atoms with van der Waals surface area (Å²) in [5.74, 6) is -0.171. The minimum absolute atomic E-state index is 0.189. The third kappa shape index (κ3) is 7.14. The number of hydroxylamine groups is 1. The second-order valence-electron chi connectivity index (χ2n) is 1.80. The van der Waals surface area contributed by atoms with E-state index in [-0.39, 0.29) is 12.2 Å². The Morgan fingerprint density at radius 2 is 2.18 bits per heavy atom. The molecule has 0 aliphatic heterocycles. The average Bonchev–Trinajstić information content (AvgIpc) is 1.97. The van der Waals surface area contributed by atoms with Gasteiger partial charge in [0.15, 0.2) is 0 Å². The minimum atomic E-state index is -0.457. The molecule has 6 heteroatoms. The molecule has 0 saturated carbocycles. The molecule has 0 aromatic heterocycles. The summed E-state index contributed by atoms with van der Waals surface area (Å²) in [6.45, 7) is 0. The molecule has 0 radical (unpaired) electrons. The van der Waals surface area contributed by atoms with Crippen LogP contribution in [-0.4, -0.2) is 28.5 Å². The molecule has 0 rings (SSSR count). The Hall–Kier alpha value is -0.750. The SMILES string of the molecule is NC(=O)CSCCC(=O)NO. The highest BCUT2D eigenvalue weighted by Crippen LogP contribution is 2.00. The number of nitrogens with two attached hydrogens (primary N) is 1. The molecule has 0 saturated heterocycles. The Balaban J connectivity index is 3.14. The first-order valence-electron chi connectivity index (χ1n) is 2.95. The van der Waals surface area contributed by atoms with Gasteiger partial charge in [0.2, 0.25) is 11.8 Å². The lowest BCUT2D eigenvalue weighted by Gasteiger charge is -1.96. The van der Waals surface area contributed by atoms with Crippen LogP contribution in [0.4, 0.5) is 0 Å². The zero-order valence-electron chi connectivity index (χ0n) is 5.87. The molecule has 5 nitrogen and oxygen atoms in total. The van der Waals surface area contributed by atoms with Gasteiger partial charge in [-0.15, -0.1) is 0 Å². The Kier molecular flexibility index (Phi) is 5.58. The number of hydrogen-bond donors (Lipinski definition) is 3. The second kappa shape index (κ2) is 5.99. The highest BCUT2D eigenvalue weighted by Gasteiger charge is 1.99. The molecule has 0 aliphatic rings. The van der Waals surface area contributed by atoms with E-state index in [0.717, 1.165) is 0 Å². The molecule has 0 fully saturated rings. The molecular formula is C5H10N2O3S. The molecule has 0 spiro atoms. The van der Waals surface area contributed by atoms with Gasteiger partial charge in [-0.05, 0) is 0 Å². The van der Waals surface area contributed by atoms with Crippen LogP contribution in [0.25, 0.3) is 0 Å². The van der Waals surface area contributed by atoms with E-state index < -0.39 is 11.8 Å². The van der Waals surface area contributed by atoms with Crippen LogP contribution < -0.4 is 11.2 Å². The Labute approximate surface area is 68.3 Å². The maximum absolute atomic E-state index is 10.4. The van der Waals surface area contributed by atoms with Crippen molar-refractivity contribution >= 4 is 23.6 Å². The first-order chi connectivity index (χ1) is 5.16. The molecule has 64 valence electrons. The van der Waals surface area contributed by atoms with Crippen molar-refractivity contribution in [2.75, 3.05) is 11.5 Å². The summed E-state index contributed by atoms with van der Waals surface area (Å²) in [5.41, 5.74) is 6.32. The summed E-state index contributed by atoms with van der Waals surface area (Å²) in [6.07, 6.45) is 0.189. The maximum Gasteiger partial charge on any atom is 0.244 e. The fourth-order valence-corrected chi connectivity index (χ4v) is 1.07. The van der Waals surface area contributed by atoms with Crippen molar-refractivity contribution < 1.29 is 14.8 Å². The van der Waals surface area contributed by atoms with Crippen molar-refractivity contribution in [1.82, 2.24) is 5.48 Å². The van der Waals surface area contributed by atoms with Gasteiger partial charge in [0.25, 0.3) is 0 Å². The van der Waals surface area contributed by atoms with Crippen molar-refractivity contribution in [3.05, 3.63) is 0 Å². The van der Waals surface area contributed by atoms with Crippen molar-refractivity contribution in [2.45, 2.75) is 6.42 Å². The normalized spacial score (nSPS) is 9.18. The molecule has 0 unspecified atom stereocenters. The van der Waals surface area contributed by atoms with Gasteiger partial charge in [-0.1, -0.05) is 0 Å². The topological polar surface area (TPSA) is 92.4 Å². The third-order valence-corrected chi connectivity index (χ3v) is 1.82. The Morgan fingerprint density at radius 1 is 1.55 bits per heavy atom. The van der Waals surface area contributed by atoms with Crippen LogP contribution in [0, 0.1) is 0 Å². The van der Waals surface area contributed by atoms with E-state index in [4.69, 9.17) is 10.9 Å². The summed E-state index contributed by atoms with van der Waals surface area (Å²) in [5, 5.41) is 8.04. The third-order valence-electron chi connectivity index (χ3n) is 0.842. The van der Waals surface area contributed by atoms with Gasteiger partial charge in [0.05, 0.1) is 5.75 Å². The van der Waals surface area contributed by atoms with Crippen LogP contribution in [0.5, 0.6) is 0 Å². The number of carbonyl (C=O) groups excluding carboxylic acids is 2. The molecule has 0 aromatic rings. The van der Waals surface area contributed by atoms with E-state index in [0.29, 0.717) is 5.75 Å². The molecule has 0 aromatic carbocycles. The van der Waals surface area contributed by atoms with Crippen molar-refractivity contribution in [3.63, 3.8) is 0 Å². The molecule has 0 heterocycles. The predicted molar refractivity (Wildman–Crippen MR) is 41.1 cm³/mol. The van der Waals surface area contributed by atoms with Crippen LogP contribution in [0.15, 0.2) is 0 Å². The zero-order valence-corrected chi connectivity index (χ0v) is 6.69. The number of hydrogen-bond acceptors (Lipinski definition) is 4. The minimum Gasteiger partial charge on any atom is -0.369 e. The first kappa shape index (κ1) is 10.2. The molecule has 0 atom stereocenters. The molecule has 0 aliphatic carbocycles. The number of thioether (sulfide) groups is 1. The van der Waals surface area contributed by atoms with Crippen molar-refractivity contribution in [1.29, 1.82) is 0 Å². The largest absolute Gasteiger partial charge is 0.369 e. The van der Waals surface area contributed by atoms with Gasteiger partial charge in [-0.2, -0.15) is 11.8 Å².